The fourth-order valence-electron chi connectivity index (χ4n) is 2.04. The number of nitrogens with one attached hydrogen (secondary N) is 1. The number of hydrogen-bond donors (Lipinski definition) is 1. The van der Waals surface area contributed by atoms with E-state index in [0.717, 1.165) is 19.3 Å². The van der Waals surface area contributed by atoms with E-state index in [0.29, 0.717) is 12.0 Å². The van der Waals surface area contributed by atoms with Crippen LogP contribution in [-0.2, 0) is 0 Å². The second-order valence-corrected chi connectivity index (χ2v) is 4.29. The molecule has 0 aromatic rings. The average molecular weight is 209 g/mol. The highest BCUT2D eigenvalue weighted by Crippen LogP contribution is 2.24. The first-order valence-corrected chi connectivity index (χ1v) is 5.27. The van der Waals surface area contributed by atoms with Crippen molar-refractivity contribution in [3.63, 3.8) is 0 Å². The van der Waals surface area contributed by atoms with Crippen LogP contribution in [0.15, 0.2) is 0 Å². The van der Waals surface area contributed by atoms with Crippen molar-refractivity contribution in [3.8, 4) is 0 Å². The van der Waals surface area contributed by atoms with Gasteiger partial charge in [0.05, 0.1) is 6.42 Å². The van der Waals surface area contributed by atoms with Crippen molar-refractivity contribution in [2.24, 2.45) is 5.92 Å². The first-order valence-electron chi connectivity index (χ1n) is 5.27. The molecule has 0 aliphatic heterocycles. The Kier molecular flexibility index (Phi) is 4.23. The van der Waals surface area contributed by atoms with Crippen molar-refractivity contribution in [2.75, 3.05) is 6.54 Å². The van der Waals surface area contributed by atoms with E-state index in [1.54, 1.807) is 0 Å². The Bertz CT molecular complexity index is 167. The highest BCUT2D eigenvalue weighted by atomic mass is 19.4. The minimum atomic E-state index is -4.02. The Labute approximate surface area is 83.1 Å². The lowest BCUT2D eigenvalue weighted by Crippen LogP contribution is -2.35. The monoisotopic (exact) mass is 209 g/mol. The molecule has 1 rings (SSSR count). The Balaban J connectivity index is 2.12. The topological polar surface area (TPSA) is 12.0 Å². The molecule has 4 heteroatoms. The molecule has 0 bridgehead atoms. The van der Waals surface area contributed by atoms with Gasteiger partial charge in [-0.3, -0.25) is 0 Å². The fraction of sp³-hybridized carbons (Fsp3) is 1.00. The van der Waals surface area contributed by atoms with Crippen LogP contribution in [0.2, 0.25) is 0 Å². The van der Waals surface area contributed by atoms with Gasteiger partial charge in [-0.05, 0) is 18.8 Å². The van der Waals surface area contributed by atoms with Gasteiger partial charge in [0.2, 0.25) is 0 Å². The molecule has 2 atom stereocenters. The number of hydrogen-bond acceptors (Lipinski definition) is 1. The van der Waals surface area contributed by atoms with Gasteiger partial charge >= 0.3 is 6.18 Å². The largest absolute Gasteiger partial charge is 0.390 e. The summed E-state index contributed by atoms with van der Waals surface area (Å²) in [6.07, 6.45) is -0.312. The number of alkyl halides is 3. The molecule has 0 amide bonds. The summed E-state index contributed by atoms with van der Waals surface area (Å²) in [7, 11) is 0. The summed E-state index contributed by atoms with van der Waals surface area (Å²) < 4.78 is 35.5. The molecule has 84 valence electrons. The summed E-state index contributed by atoms with van der Waals surface area (Å²) >= 11 is 0. The van der Waals surface area contributed by atoms with E-state index >= 15 is 0 Å². The van der Waals surface area contributed by atoms with E-state index in [1.807, 2.05) is 0 Å². The van der Waals surface area contributed by atoms with Crippen LogP contribution in [0, 0.1) is 5.92 Å². The van der Waals surface area contributed by atoms with Crippen molar-refractivity contribution in [3.05, 3.63) is 0 Å². The second kappa shape index (κ2) is 5.01. The van der Waals surface area contributed by atoms with Gasteiger partial charge < -0.3 is 5.32 Å². The third-order valence-corrected chi connectivity index (χ3v) is 2.78. The Morgan fingerprint density at radius 3 is 2.57 bits per heavy atom. The maximum atomic E-state index is 11.8. The standard InChI is InChI=1S/C10H18F3N/c1-8-3-2-4-9(7-8)14-6-5-10(11,12)13/h8-9,14H,2-7H2,1H3. The van der Waals surface area contributed by atoms with Gasteiger partial charge in [-0.1, -0.05) is 19.8 Å². The van der Waals surface area contributed by atoms with Crippen molar-refractivity contribution in [1.82, 2.24) is 5.32 Å². The molecule has 1 saturated carbocycles. The van der Waals surface area contributed by atoms with E-state index in [-0.39, 0.29) is 6.54 Å². The van der Waals surface area contributed by atoms with E-state index in [1.165, 1.54) is 6.42 Å². The predicted octanol–water partition coefficient (Wildman–Crippen LogP) is 3.11. The van der Waals surface area contributed by atoms with Crippen molar-refractivity contribution >= 4 is 0 Å². The SMILES string of the molecule is CC1CCCC(NCCC(F)(F)F)C1. The Hall–Kier alpha value is -0.250. The molecule has 0 radical (unpaired) electrons. The summed E-state index contributed by atoms with van der Waals surface area (Å²) in [5.74, 6) is 0.659. The molecule has 0 heterocycles. The molecule has 0 aromatic heterocycles. The zero-order chi connectivity index (χ0) is 10.6. The van der Waals surface area contributed by atoms with Gasteiger partial charge in [-0.2, -0.15) is 13.2 Å². The second-order valence-electron chi connectivity index (χ2n) is 4.29. The zero-order valence-corrected chi connectivity index (χ0v) is 8.53. The van der Waals surface area contributed by atoms with Crippen LogP contribution < -0.4 is 5.32 Å². The zero-order valence-electron chi connectivity index (χ0n) is 8.53. The Morgan fingerprint density at radius 1 is 1.29 bits per heavy atom. The third-order valence-electron chi connectivity index (χ3n) is 2.78. The first kappa shape index (κ1) is 11.8. The summed E-state index contributed by atoms with van der Waals surface area (Å²) in [5, 5.41) is 2.99. The maximum absolute atomic E-state index is 11.8. The third kappa shape index (κ3) is 4.84. The number of halogens is 3. The quantitative estimate of drug-likeness (QED) is 0.753. The molecular weight excluding hydrogens is 191 g/mol. The summed E-state index contributed by atoms with van der Waals surface area (Å²) in [5.41, 5.74) is 0. The van der Waals surface area contributed by atoms with E-state index < -0.39 is 12.6 Å². The molecular formula is C10H18F3N. The molecule has 14 heavy (non-hydrogen) atoms. The van der Waals surface area contributed by atoms with E-state index in [4.69, 9.17) is 0 Å². The van der Waals surface area contributed by atoms with Crippen LogP contribution in [0.25, 0.3) is 0 Å². The van der Waals surface area contributed by atoms with Gasteiger partial charge in [0.15, 0.2) is 0 Å². The minimum Gasteiger partial charge on any atom is -0.314 e. The highest BCUT2D eigenvalue weighted by molar-refractivity contribution is 4.75. The molecule has 0 saturated heterocycles. The highest BCUT2D eigenvalue weighted by Gasteiger charge is 2.27. The first-order chi connectivity index (χ1) is 6.47. The normalized spacial score (nSPS) is 29.1. The molecule has 0 spiro atoms. The van der Waals surface area contributed by atoms with E-state index in [2.05, 4.69) is 12.2 Å². The fourth-order valence-corrected chi connectivity index (χ4v) is 2.04. The van der Waals surface area contributed by atoms with Crippen LogP contribution >= 0.6 is 0 Å². The van der Waals surface area contributed by atoms with Crippen molar-refractivity contribution in [2.45, 2.75) is 51.2 Å². The summed E-state index contributed by atoms with van der Waals surface area (Å²) in [6.45, 7) is 2.23. The molecule has 0 aromatic carbocycles. The van der Waals surface area contributed by atoms with Gasteiger partial charge in [-0.25, -0.2) is 0 Å². The van der Waals surface area contributed by atoms with Gasteiger partial charge in [0.1, 0.15) is 0 Å². The van der Waals surface area contributed by atoms with Crippen LogP contribution in [0.1, 0.15) is 39.0 Å². The molecule has 1 nitrogen and oxygen atoms in total. The van der Waals surface area contributed by atoms with Crippen molar-refractivity contribution in [1.29, 1.82) is 0 Å². The van der Waals surface area contributed by atoms with Gasteiger partial charge in [0.25, 0.3) is 0 Å². The Morgan fingerprint density at radius 2 is 2.00 bits per heavy atom. The van der Waals surface area contributed by atoms with Crippen LogP contribution in [-0.4, -0.2) is 18.8 Å². The summed E-state index contributed by atoms with van der Waals surface area (Å²) in [4.78, 5) is 0. The van der Waals surface area contributed by atoms with Gasteiger partial charge in [0, 0.05) is 12.6 Å². The average Bonchev–Trinajstić information content (AvgIpc) is 2.01. The van der Waals surface area contributed by atoms with Gasteiger partial charge in [-0.15, -0.1) is 0 Å². The van der Waals surface area contributed by atoms with Crippen LogP contribution in [0.4, 0.5) is 13.2 Å². The smallest absolute Gasteiger partial charge is 0.314 e. The van der Waals surface area contributed by atoms with Crippen LogP contribution in [0.3, 0.4) is 0 Å². The van der Waals surface area contributed by atoms with Crippen LogP contribution in [0.5, 0.6) is 0 Å². The van der Waals surface area contributed by atoms with E-state index in [9.17, 15) is 13.2 Å². The molecule has 1 aliphatic carbocycles. The lowest BCUT2D eigenvalue weighted by Gasteiger charge is -2.27. The molecule has 1 aliphatic rings. The maximum Gasteiger partial charge on any atom is 0.390 e. The molecule has 1 N–H and O–H groups in total. The lowest BCUT2D eigenvalue weighted by molar-refractivity contribution is -0.133. The number of rotatable bonds is 3. The van der Waals surface area contributed by atoms with Crippen molar-refractivity contribution < 1.29 is 13.2 Å². The lowest BCUT2D eigenvalue weighted by atomic mass is 9.87. The molecule has 1 fully saturated rings. The molecule has 2 unspecified atom stereocenters. The minimum absolute atomic E-state index is 0.0703. The summed E-state index contributed by atoms with van der Waals surface area (Å²) in [6, 6.07) is 0.307. The predicted molar refractivity (Wildman–Crippen MR) is 50.1 cm³/mol.